The molecule has 4 heteroatoms. The molecular formula is C15H11ClO3. The molecule has 2 aromatic carbocycles. The lowest BCUT2D eigenvalue weighted by Gasteiger charge is -2.29. The number of carbonyl (C=O) groups excluding carboxylic acids is 1. The van der Waals surface area contributed by atoms with Crippen molar-refractivity contribution in [1.82, 2.24) is 0 Å². The molecule has 0 saturated carbocycles. The molecule has 0 saturated heterocycles. The second-order valence-corrected chi connectivity index (χ2v) is 5.45. The molecule has 0 amide bonds. The highest BCUT2D eigenvalue weighted by Crippen LogP contribution is 2.48. The molecule has 0 aromatic heterocycles. The van der Waals surface area contributed by atoms with E-state index in [1.54, 1.807) is 0 Å². The number of rotatable bonds is 0. The molecule has 0 bridgehead atoms. The predicted molar refractivity (Wildman–Crippen MR) is 72.5 cm³/mol. The maximum atomic E-state index is 11.9. The van der Waals surface area contributed by atoms with Gasteiger partial charge in [-0.3, -0.25) is 4.79 Å². The van der Waals surface area contributed by atoms with Crippen LogP contribution >= 0.6 is 11.6 Å². The monoisotopic (exact) mass is 274 g/mol. The van der Waals surface area contributed by atoms with Crippen molar-refractivity contribution in [3.05, 3.63) is 34.4 Å². The van der Waals surface area contributed by atoms with E-state index in [1.165, 1.54) is 0 Å². The fourth-order valence-electron chi connectivity index (χ4n) is 2.96. The summed E-state index contributed by atoms with van der Waals surface area (Å²) in [7, 11) is 0. The summed E-state index contributed by atoms with van der Waals surface area (Å²) >= 11 is 6.16. The first-order valence-corrected chi connectivity index (χ1v) is 6.58. The summed E-state index contributed by atoms with van der Waals surface area (Å²) in [5.41, 5.74) is 3.83. The van der Waals surface area contributed by atoms with Crippen molar-refractivity contribution in [3.63, 3.8) is 0 Å². The van der Waals surface area contributed by atoms with Crippen LogP contribution in [0.2, 0.25) is 0 Å². The molecule has 3 nitrogen and oxygen atoms in total. The van der Waals surface area contributed by atoms with Crippen molar-refractivity contribution in [2.75, 3.05) is 6.79 Å². The number of aryl methyl sites for hydroxylation is 1. The fourth-order valence-corrected chi connectivity index (χ4v) is 3.30. The average molecular weight is 275 g/mol. The van der Waals surface area contributed by atoms with Gasteiger partial charge in [-0.05, 0) is 53.4 Å². The Labute approximate surface area is 115 Å². The Morgan fingerprint density at radius 3 is 2.42 bits per heavy atom. The molecular weight excluding hydrogens is 264 g/mol. The number of benzene rings is 2. The van der Waals surface area contributed by atoms with Crippen molar-refractivity contribution in [1.29, 1.82) is 0 Å². The lowest BCUT2D eigenvalue weighted by Crippen LogP contribution is -2.25. The third-order valence-electron chi connectivity index (χ3n) is 4.14. The number of fused-ring (bicyclic) bond motifs is 4. The lowest BCUT2D eigenvalue weighted by molar-refractivity contribution is 0.0961. The maximum Gasteiger partial charge on any atom is 0.231 e. The minimum Gasteiger partial charge on any atom is -0.454 e. The second-order valence-electron chi connectivity index (χ2n) is 5.02. The van der Waals surface area contributed by atoms with Gasteiger partial charge in [0.15, 0.2) is 17.3 Å². The Hall–Kier alpha value is -1.74. The van der Waals surface area contributed by atoms with Crippen LogP contribution in [0.15, 0.2) is 12.1 Å². The summed E-state index contributed by atoms with van der Waals surface area (Å²) in [5.74, 6) is 1.50. The van der Waals surface area contributed by atoms with E-state index in [0.717, 1.165) is 44.5 Å². The van der Waals surface area contributed by atoms with Crippen LogP contribution in [0.5, 0.6) is 11.5 Å². The van der Waals surface area contributed by atoms with Crippen LogP contribution in [0.4, 0.5) is 0 Å². The number of halogens is 1. The van der Waals surface area contributed by atoms with Crippen LogP contribution in [0.3, 0.4) is 0 Å². The fraction of sp³-hybridized carbons (Fsp3) is 0.267. The number of Topliss-reactive ketones (excluding diaryl/α,β-unsaturated/α-hetero) is 1. The Kier molecular flexibility index (Phi) is 2.00. The second kappa shape index (κ2) is 3.42. The molecule has 0 fully saturated rings. The molecule has 4 rings (SSSR count). The van der Waals surface area contributed by atoms with E-state index in [2.05, 4.69) is 0 Å². The van der Waals surface area contributed by atoms with Crippen LogP contribution in [0.1, 0.15) is 32.4 Å². The summed E-state index contributed by atoms with van der Waals surface area (Å²) in [4.78, 5) is 11.9. The van der Waals surface area contributed by atoms with E-state index in [4.69, 9.17) is 21.1 Å². The number of carbonyl (C=O) groups is 1. The lowest BCUT2D eigenvalue weighted by atomic mass is 9.77. The van der Waals surface area contributed by atoms with Crippen molar-refractivity contribution < 1.29 is 14.3 Å². The standard InChI is InChI=1S/C15H11ClO3/c1-6-7(2)12-13(14(16)15(12)17)9-4-11-10(3-8(6)9)18-5-19-11/h3-4,14H,5H2,1-2H3. The highest BCUT2D eigenvalue weighted by atomic mass is 35.5. The van der Waals surface area contributed by atoms with Gasteiger partial charge < -0.3 is 9.47 Å². The highest BCUT2D eigenvalue weighted by molar-refractivity contribution is 6.40. The Morgan fingerprint density at radius 1 is 1.11 bits per heavy atom. The quantitative estimate of drug-likeness (QED) is 0.688. The molecule has 2 aliphatic rings. The van der Waals surface area contributed by atoms with Gasteiger partial charge in [0.1, 0.15) is 5.38 Å². The molecule has 2 aromatic rings. The molecule has 1 aliphatic carbocycles. The summed E-state index contributed by atoms with van der Waals surface area (Å²) in [6, 6.07) is 3.91. The van der Waals surface area contributed by atoms with E-state index in [0.29, 0.717) is 0 Å². The van der Waals surface area contributed by atoms with Gasteiger partial charge in [0.05, 0.1) is 0 Å². The Bertz CT molecular complexity index is 764. The van der Waals surface area contributed by atoms with Crippen LogP contribution in [0, 0.1) is 13.8 Å². The average Bonchev–Trinajstić information content (AvgIpc) is 2.86. The first kappa shape index (κ1) is 11.1. The first-order chi connectivity index (χ1) is 9.09. The van der Waals surface area contributed by atoms with Gasteiger partial charge in [-0.1, -0.05) is 0 Å². The summed E-state index contributed by atoms with van der Waals surface area (Å²) in [6.45, 7) is 4.24. The molecule has 1 heterocycles. The van der Waals surface area contributed by atoms with E-state index < -0.39 is 5.38 Å². The number of hydrogen-bond acceptors (Lipinski definition) is 3. The molecule has 1 atom stereocenters. The van der Waals surface area contributed by atoms with Gasteiger partial charge in [0.2, 0.25) is 6.79 Å². The first-order valence-electron chi connectivity index (χ1n) is 6.14. The number of hydrogen-bond donors (Lipinski definition) is 0. The van der Waals surface area contributed by atoms with Crippen LogP contribution in [0.25, 0.3) is 10.8 Å². The third-order valence-corrected chi connectivity index (χ3v) is 4.56. The highest BCUT2D eigenvalue weighted by Gasteiger charge is 2.39. The molecule has 1 unspecified atom stereocenters. The summed E-state index contributed by atoms with van der Waals surface area (Å²) < 4.78 is 10.8. The minimum absolute atomic E-state index is 0.0248. The van der Waals surface area contributed by atoms with Crippen LogP contribution in [-0.2, 0) is 0 Å². The predicted octanol–water partition coefficient (Wildman–Crippen LogP) is 3.66. The molecule has 0 radical (unpaired) electrons. The zero-order valence-electron chi connectivity index (χ0n) is 10.5. The molecule has 96 valence electrons. The SMILES string of the molecule is Cc1c2c(c3cc4c(cc3c1C)OCO4)C(Cl)C2=O. The molecule has 0 spiro atoms. The number of ether oxygens (including phenoxy) is 2. The van der Waals surface area contributed by atoms with Gasteiger partial charge in [-0.2, -0.15) is 0 Å². The van der Waals surface area contributed by atoms with Crippen LogP contribution in [-0.4, -0.2) is 12.6 Å². The van der Waals surface area contributed by atoms with Crippen LogP contribution < -0.4 is 9.47 Å². The third kappa shape index (κ3) is 1.21. The van der Waals surface area contributed by atoms with Gasteiger partial charge in [-0.25, -0.2) is 0 Å². The maximum absolute atomic E-state index is 11.9. The zero-order valence-corrected chi connectivity index (χ0v) is 11.3. The van der Waals surface area contributed by atoms with E-state index >= 15 is 0 Å². The number of ketones is 1. The van der Waals surface area contributed by atoms with Crippen molar-refractivity contribution >= 4 is 28.2 Å². The number of alkyl halides is 1. The Morgan fingerprint density at radius 2 is 1.74 bits per heavy atom. The van der Waals surface area contributed by atoms with E-state index in [1.807, 2.05) is 26.0 Å². The topological polar surface area (TPSA) is 35.5 Å². The molecule has 19 heavy (non-hydrogen) atoms. The van der Waals surface area contributed by atoms with Gasteiger partial charge in [0.25, 0.3) is 0 Å². The molecule has 1 aliphatic heterocycles. The van der Waals surface area contributed by atoms with Gasteiger partial charge in [-0.15, -0.1) is 11.6 Å². The largest absolute Gasteiger partial charge is 0.454 e. The van der Waals surface area contributed by atoms with Gasteiger partial charge >= 0.3 is 0 Å². The molecule has 0 N–H and O–H groups in total. The van der Waals surface area contributed by atoms with E-state index in [9.17, 15) is 4.79 Å². The minimum atomic E-state index is -0.530. The van der Waals surface area contributed by atoms with Crippen molar-refractivity contribution in [3.8, 4) is 11.5 Å². The Balaban J connectivity index is 2.17. The normalized spacial score (nSPS) is 19.5. The zero-order chi connectivity index (χ0) is 13.3. The van der Waals surface area contributed by atoms with Crippen molar-refractivity contribution in [2.45, 2.75) is 19.2 Å². The smallest absolute Gasteiger partial charge is 0.231 e. The summed E-state index contributed by atoms with van der Waals surface area (Å²) in [5, 5.41) is 1.55. The van der Waals surface area contributed by atoms with E-state index in [-0.39, 0.29) is 12.6 Å². The summed E-state index contributed by atoms with van der Waals surface area (Å²) in [6.07, 6.45) is 0. The van der Waals surface area contributed by atoms with Gasteiger partial charge in [0, 0.05) is 5.56 Å². The van der Waals surface area contributed by atoms with Crippen molar-refractivity contribution in [2.24, 2.45) is 0 Å².